The minimum absolute atomic E-state index is 0.0205. The monoisotopic (exact) mass is 346 g/mol. The Morgan fingerprint density at radius 2 is 2.08 bits per heavy atom. The van der Waals surface area contributed by atoms with Crippen molar-refractivity contribution in [2.45, 2.75) is 64.2 Å². The number of aliphatic hydroxyl groups excluding tert-OH is 1. The third kappa shape index (κ3) is 2.66. The number of rotatable bonds is 3. The minimum atomic E-state index is -0.466. The van der Waals surface area contributed by atoms with Crippen LogP contribution in [0.1, 0.15) is 69.1 Å². The molecule has 1 saturated carbocycles. The molecule has 1 aromatic rings. The minimum Gasteiger partial charge on any atom is -0.508 e. The molecule has 0 aromatic heterocycles. The molecule has 0 radical (unpaired) electrons. The van der Waals surface area contributed by atoms with E-state index in [1.165, 1.54) is 18.2 Å². The summed E-state index contributed by atoms with van der Waals surface area (Å²) in [4.78, 5) is 12.5. The number of methoxy groups -OCH3 is 1. The highest BCUT2D eigenvalue weighted by Crippen LogP contribution is 2.58. The van der Waals surface area contributed by atoms with Crippen LogP contribution in [0.3, 0.4) is 0 Å². The van der Waals surface area contributed by atoms with Crippen LogP contribution in [0.2, 0.25) is 0 Å². The van der Waals surface area contributed by atoms with Crippen molar-refractivity contribution in [1.29, 1.82) is 0 Å². The molecule has 0 saturated heterocycles. The van der Waals surface area contributed by atoms with Crippen LogP contribution < -0.4 is 0 Å². The standard InChI is InChI=1S/C21H30O4/c1-13(12-22)15-10-14-6-7-18-20(2,16(14)11-17(15)23)8-5-9-21(18,3)19(24)25-4/h10-11,13,18,22-23H,5-9,12H2,1-4H3/t13-,18+,20+,21+/m0/s1. The van der Waals surface area contributed by atoms with Gasteiger partial charge >= 0.3 is 5.97 Å². The molecule has 4 nitrogen and oxygen atoms in total. The largest absolute Gasteiger partial charge is 0.508 e. The van der Waals surface area contributed by atoms with Crippen LogP contribution in [-0.2, 0) is 21.4 Å². The highest BCUT2D eigenvalue weighted by Gasteiger charge is 2.55. The van der Waals surface area contributed by atoms with Gasteiger partial charge in [0, 0.05) is 12.5 Å². The zero-order chi connectivity index (χ0) is 18.4. The van der Waals surface area contributed by atoms with E-state index >= 15 is 0 Å². The lowest BCUT2D eigenvalue weighted by molar-refractivity contribution is -0.161. The quantitative estimate of drug-likeness (QED) is 0.820. The van der Waals surface area contributed by atoms with Crippen molar-refractivity contribution in [3.8, 4) is 5.75 Å². The number of carbonyl (C=O) groups excluding carboxylic acids is 1. The van der Waals surface area contributed by atoms with Crippen LogP contribution in [-0.4, -0.2) is 29.9 Å². The van der Waals surface area contributed by atoms with Crippen molar-refractivity contribution in [3.63, 3.8) is 0 Å². The average molecular weight is 346 g/mol. The summed E-state index contributed by atoms with van der Waals surface area (Å²) in [5, 5.41) is 20.0. The highest BCUT2D eigenvalue weighted by atomic mass is 16.5. The first-order valence-corrected chi connectivity index (χ1v) is 9.33. The number of ether oxygens (including phenoxy) is 1. The molecule has 0 spiro atoms. The van der Waals surface area contributed by atoms with E-state index in [4.69, 9.17) is 4.74 Å². The van der Waals surface area contributed by atoms with Gasteiger partial charge in [0.2, 0.25) is 0 Å². The topological polar surface area (TPSA) is 66.8 Å². The lowest BCUT2D eigenvalue weighted by Gasteiger charge is -2.54. The molecule has 138 valence electrons. The number of hydrogen-bond acceptors (Lipinski definition) is 4. The fourth-order valence-electron chi connectivity index (χ4n) is 5.49. The molecule has 3 rings (SSSR count). The molecule has 1 fully saturated rings. The molecule has 1 aromatic carbocycles. The Hall–Kier alpha value is -1.55. The second-order valence-electron chi connectivity index (χ2n) is 8.42. The van der Waals surface area contributed by atoms with Crippen LogP contribution in [0, 0.1) is 11.3 Å². The summed E-state index contributed by atoms with van der Waals surface area (Å²) in [5.41, 5.74) is 2.64. The predicted molar refractivity (Wildman–Crippen MR) is 96.7 cm³/mol. The summed E-state index contributed by atoms with van der Waals surface area (Å²) in [7, 11) is 1.48. The fourth-order valence-corrected chi connectivity index (χ4v) is 5.49. The van der Waals surface area contributed by atoms with E-state index < -0.39 is 5.41 Å². The Bertz CT molecular complexity index is 683. The Morgan fingerprint density at radius 1 is 1.36 bits per heavy atom. The van der Waals surface area contributed by atoms with Crippen LogP contribution in [0.15, 0.2) is 12.1 Å². The lowest BCUT2D eigenvalue weighted by atomic mass is 9.49. The molecular formula is C21H30O4. The van der Waals surface area contributed by atoms with E-state index in [9.17, 15) is 15.0 Å². The van der Waals surface area contributed by atoms with Crippen molar-refractivity contribution < 1.29 is 19.7 Å². The number of hydrogen-bond donors (Lipinski definition) is 2. The second-order valence-corrected chi connectivity index (χ2v) is 8.42. The summed E-state index contributed by atoms with van der Waals surface area (Å²) in [5.74, 6) is 0.283. The molecule has 0 unspecified atom stereocenters. The smallest absolute Gasteiger partial charge is 0.311 e. The number of aromatic hydroxyl groups is 1. The van der Waals surface area contributed by atoms with Crippen LogP contribution in [0.4, 0.5) is 0 Å². The Morgan fingerprint density at radius 3 is 2.72 bits per heavy atom. The van der Waals surface area contributed by atoms with Gasteiger partial charge in [0.15, 0.2) is 0 Å². The number of aryl methyl sites for hydroxylation is 1. The normalized spacial score (nSPS) is 32.4. The number of carbonyl (C=O) groups is 1. The highest BCUT2D eigenvalue weighted by molar-refractivity contribution is 5.77. The van der Waals surface area contributed by atoms with E-state index in [1.54, 1.807) is 0 Å². The first-order chi connectivity index (χ1) is 11.8. The zero-order valence-corrected chi connectivity index (χ0v) is 15.8. The van der Waals surface area contributed by atoms with Gasteiger partial charge in [-0.1, -0.05) is 26.3 Å². The maximum Gasteiger partial charge on any atom is 0.311 e. The predicted octanol–water partition coefficient (Wildman–Crippen LogP) is 3.67. The molecule has 0 aliphatic heterocycles. The summed E-state index contributed by atoms with van der Waals surface area (Å²) >= 11 is 0. The van der Waals surface area contributed by atoms with Gasteiger partial charge in [-0.2, -0.15) is 0 Å². The number of aliphatic hydroxyl groups is 1. The molecule has 2 aliphatic carbocycles. The molecule has 0 amide bonds. The molecular weight excluding hydrogens is 316 g/mol. The molecule has 4 atom stereocenters. The number of esters is 1. The zero-order valence-electron chi connectivity index (χ0n) is 15.8. The van der Waals surface area contributed by atoms with Crippen LogP contribution in [0.5, 0.6) is 5.75 Å². The van der Waals surface area contributed by atoms with Gasteiger partial charge in [0.1, 0.15) is 5.75 Å². The first-order valence-electron chi connectivity index (χ1n) is 9.33. The van der Waals surface area contributed by atoms with E-state index in [2.05, 4.69) is 13.0 Å². The molecule has 0 bridgehead atoms. The van der Waals surface area contributed by atoms with Gasteiger partial charge in [0.25, 0.3) is 0 Å². The number of fused-ring (bicyclic) bond motifs is 3. The van der Waals surface area contributed by atoms with Crippen molar-refractivity contribution in [2.24, 2.45) is 11.3 Å². The van der Waals surface area contributed by atoms with Crippen LogP contribution in [0.25, 0.3) is 0 Å². The third-order valence-electron chi connectivity index (χ3n) is 6.96. The van der Waals surface area contributed by atoms with Crippen LogP contribution >= 0.6 is 0 Å². The second kappa shape index (κ2) is 6.31. The van der Waals surface area contributed by atoms with Gasteiger partial charge in [-0.15, -0.1) is 0 Å². The fraction of sp³-hybridized carbons (Fsp3) is 0.667. The average Bonchev–Trinajstić information content (AvgIpc) is 2.60. The van der Waals surface area contributed by atoms with Crippen molar-refractivity contribution in [1.82, 2.24) is 0 Å². The number of benzene rings is 1. The Kier molecular flexibility index (Phi) is 4.61. The third-order valence-corrected chi connectivity index (χ3v) is 6.96. The molecule has 4 heteroatoms. The molecule has 25 heavy (non-hydrogen) atoms. The van der Waals surface area contributed by atoms with E-state index in [1.807, 2.05) is 19.9 Å². The van der Waals surface area contributed by atoms with Crippen molar-refractivity contribution in [3.05, 3.63) is 28.8 Å². The van der Waals surface area contributed by atoms with Gasteiger partial charge in [-0.3, -0.25) is 4.79 Å². The van der Waals surface area contributed by atoms with Crippen molar-refractivity contribution in [2.75, 3.05) is 13.7 Å². The van der Waals surface area contributed by atoms with Gasteiger partial charge in [-0.25, -0.2) is 0 Å². The molecule has 0 heterocycles. The SMILES string of the molecule is COC(=O)[C@]1(C)CCC[C@]2(C)c3cc(O)c([C@@H](C)CO)cc3CC[C@@H]12. The summed E-state index contributed by atoms with van der Waals surface area (Å²) in [6.07, 6.45) is 4.71. The van der Waals surface area contributed by atoms with Gasteiger partial charge in [0.05, 0.1) is 12.5 Å². The first kappa shape index (κ1) is 18.2. The number of phenolic OH excluding ortho intramolecular Hbond substituents is 1. The molecule has 2 aliphatic rings. The number of phenols is 1. The maximum atomic E-state index is 12.5. The maximum absolute atomic E-state index is 12.5. The lowest BCUT2D eigenvalue weighted by Crippen LogP contribution is -2.52. The summed E-state index contributed by atoms with van der Waals surface area (Å²) < 4.78 is 5.15. The summed E-state index contributed by atoms with van der Waals surface area (Å²) in [6, 6.07) is 3.96. The van der Waals surface area contributed by atoms with E-state index in [-0.39, 0.29) is 35.6 Å². The van der Waals surface area contributed by atoms with Crippen molar-refractivity contribution >= 4 is 5.97 Å². The van der Waals surface area contributed by atoms with E-state index in [0.29, 0.717) is 0 Å². The Balaban J connectivity index is 2.09. The summed E-state index contributed by atoms with van der Waals surface area (Å²) in [6.45, 7) is 6.23. The van der Waals surface area contributed by atoms with Gasteiger partial charge < -0.3 is 14.9 Å². The van der Waals surface area contributed by atoms with Gasteiger partial charge in [-0.05, 0) is 66.7 Å². The Labute approximate surface area is 150 Å². The van der Waals surface area contributed by atoms with E-state index in [0.717, 1.165) is 37.7 Å². The molecule has 2 N–H and O–H groups in total.